The molecule has 1 fully saturated rings. The topological polar surface area (TPSA) is 150 Å². The number of rotatable bonds is 13. The van der Waals surface area contributed by atoms with Crippen molar-refractivity contribution in [3.05, 3.63) is 112 Å². The Bertz CT molecular complexity index is 2100. The van der Waals surface area contributed by atoms with Gasteiger partial charge in [-0.2, -0.15) is 4.98 Å². The summed E-state index contributed by atoms with van der Waals surface area (Å²) >= 11 is 1.49. The van der Waals surface area contributed by atoms with Crippen molar-refractivity contribution in [1.29, 1.82) is 0 Å². The van der Waals surface area contributed by atoms with E-state index in [1.807, 2.05) is 78.9 Å². The molecule has 55 heavy (non-hydrogen) atoms. The van der Waals surface area contributed by atoms with Gasteiger partial charge in [0.1, 0.15) is 28.6 Å². The number of hydrogen-bond acceptors (Lipinski definition) is 10. The number of benzene rings is 3. The maximum atomic E-state index is 13.2. The number of hydrogen-bond donors (Lipinski definition) is 3. The second-order valence-electron chi connectivity index (χ2n) is 15.6. The number of ether oxygens (including phenoxy) is 3. The first kappa shape index (κ1) is 40.2. The number of thioether (sulfide) groups is 1. The van der Waals surface area contributed by atoms with Crippen molar-refractivity contribution in [3.8, 4) is 11.5 Å². The third kappa shape index (κ3) is 7.96. The molecule has 14 heteroatoms. The van der Waals surface area contributed by atoms with E-state index in [1.165, 1.54) is 11.8 Å². The van der Waals surface area contributed by atoms with Crippen LogP contribution in [0, 0.1) is 5.92 Å². The highest BCUT2D eigenvalue weighted by Gasteiger charge is 2.51. The largest absolute Gasteiger partial charge is 0.497 e. The zero-order valence-electron chi connectivity index (χ0n) is 32.8. The maximum Gasteiger partial charge on any atom is 0.280 e. The molecule has 1 amide bonds. The van der Waals surface area contributed by atoms with E-state index < -0.39 is 42.3 Å². The van der Waals surface area contributed by atoms with Crippen LogP contribution in [0.1, 0.15) is 56.7 Å². The van der Waals surface area contributed by atoms with E-state index in [9.17, 15) is 14.7 Å². The molecule has 1 saturated heterocycles. The molecular weight excluding hydrogens is 735 g/mol. The lowest BCUT2D eigenvalue weighted by atomic mass is 9.80. The summed E-state index contributed by atoms with van der Waals surface area (Å²) in [5.41, 5.74) is 1.43. The van der Waals surface area contributed by atoms with Crippen LogP contribution in [0.4, 0.5) is 5.95 Å². The Balaban J connectivity index is 1.44. The maximum absolute atomic E-state index is 13.2. The van der Waals surface area contributed by atoms with Crippen LogP contribution in [0.5, 0.6) is 11.5 Å². The summed E-state index contributed by atoms with van der Waals surface area (Å²) in [6, 6.07) is 25.6. The molecule has 1 aliphatic rings. The number of aliphatic hydroxyl groups is 1. The number of fused-ring (bicyclic) bond motifs is 1. The number of nitrogens with one attached hydrogen (secondary N) is 2. The number of carbonyl (C=O) groups excluding carboxylic acids is 1. The van der Waals surface area contributed by atoms with Gasteiger partial charge in [0.05, 0.1) is 38.5 Å². The number of methoxy groups -OCH3 is 2. The van der Waals surface area contributed by atoms with Gasteiger partial charge in [-0.3, -0.25) is 24.5 Å². The molecule has 5 aromatic rings. The number of imidazole rings is 1. The highest BCUT2D eigenvalue weighted by atomic mass is 32.2. The number of aromatic amines is 1. The normalized spacial score (nSPS) is 19.2. The van der Waals surface area contributed by atoms with E-state index >= 15 is 0 Å². The molecule has 0 radical (unpaired) electrons. The lowest BCUT2D eigenvalue weighted by Crippen LogP contribution is -2.49. The molecule has 6 rings (SSSR count). The first-order valence-corrected chi connectivity index (χ1v) is 22.2. The van der Waals surface area contributed by atoms with Gasteiger partial charge >= 0.3 is 0 Å². The fourth-order valence-electron chi connectivity index (χ4n) is 6.44. The predicted octanol–water partition coefficient (Wildman–Crippen LogP) is 7.11. The van der Waals surface area contributed by atoms with E-state index in [0.29, 0.717) is 11.5 Å². The molecule has 0 saturated carbocycles. The number of carbonyl (C=O) groups is 1. The zero-order chi connectivity index (χ0) is 39.7. The SMILES string of the molecule is COc1ccc(C(OC[C@H]2S[C@@H](n3cnc4c(=O)[nH]c(NC(=O)C(C)C)nc43)[C@H](O[Si](C)(C)C(C)(C)C)[C@@H]2O)(c2ccccc2)c2ccc(OC)cc2)cc1. The number of anilines is 1. The van der Waals surface area contributed by atoms with E-state index in [1.54, 1.807) is 39.0 Å². The summed E-state index contributed by atoms with van der Waals surface area (Å²) in [5, 5.41) is 13.8. The van der Waals surface area contributed by atoms with Crippen LogP contribution in [0.15, 0.2) is 90.0 Å². The van der Waals surface area contributed by atoms with E-state index in [4.69, 9.17) is 18.6 Å². The minimum atomic E-state index is -2.47. The monoisotopic (exact) mass is 785 g/mol. The van der Waals surface area contributed by atoms with Crippen LogP contribution in [-0.2, 0) is 19.6 Å². The van der Waals surface area contributed by atoms with Gasteiger partial charge in [-0.1, -0.05) is 89.2 Å². The number of H-pyrrole nitrogens is 1. The summed E-state index contributed by atoms with van der Waals surface area (Å²) in [7, 11) is 0.795. The second kappa shape index (κ2) is 15.9. The molecule has 3 aromatic carbocycles. The van der Waals surface area contributed by atoms with Crippen molar-refractivity contribution < 1.29 is 28.5 Å². The average molecular weight is 786 g/mol. The van der Waals surface area contributed by atoms with Gasteiger partial charge in [0.25, 0.3) is 5.56 Å². The Labute approximate surface area is 327 Å². The van der Waals surface area contributed by atoms with Crippen LogP contribution < -0.4 is 20.3 Å². The summed E-state index contributed by atoms with van der Waals surface area (Å²) in [4.78, 5) is 37.5. The minimum absolute atomic E-state index is 0.0230. The molecule has 4 atom stereocenters. The Morgan fingerprint density at radius 1 is 0.945 bits per heavy atom. The third-order valence-corrected chi connectivity index (χ3v) is 16.7. The fraction of sp³-hybridized carbons (Fsp3) is 0.415. The second-order valence-corrected chi connectivity index (χ2v) is 21.7. The van der Waals surface area contributed by atoms with Crippen LogP contribution in [-0.4, -0.2) is 77.1 Å². The fourth-order valence-corrected chi connectivity index (χ4v) is 9.32. The van der Waals surface area contributed by atoms with Crippen LogP contribution in [0.25, 0.3) is 11.2 Å². The molecule has 3 N–H and O–H groups in total. The Morgan fingerprint density at radius 2 is 1.51 bits per heavy atom. The molecular formula is C41H51N5O7SSi. The van der Waals surface area contributed by atoms with E-state index in [2.05, 4.69) is 54.1 Å². The molecule has 0 unspecified atom stereocenters. The van der Waals surface area contributed by atoms with E-state index in [-0.39, 0.29) is 40.6 Å². The van der Waals surface area contributed by atoms with Crippen LogP contribution >= 0.6 is 11.8 Å². The molecule has 12 nitrogen and oxygen atoms in total. The average Bonchev–Trinajstić information content (AvgIpc) is 3.72. The lowest BCUT2D eigenvalue weighted by molar-refractivity contribution is -0.118. The summed E-state index contributed by atoms with van der Waals surface area (Å²) < 4.78 is 27.1. The number of nitrogens with zero attached hydrogens (tertiary/aromatic N) is 3. The van der Waals surface area contributed by atoms with Crippen molar-refractivity contribution in [2.45, 2.75) is 81.2 Å². The molecule has 0 aliphatic carbocycles. The predicted molar refractivity (Wildman–Crippen MR) is 218 cm³/mol. The first-order chi connectivity index (χ1) is 26.1. The number of amides is 1. The molecule has 0 spiro atoms. The summed E-state index contributed by atoms with van der Waals surface area (Å²) in [5.74, 6) is 0.833. The molecule has 0 bridgehead atoms. The number of aromatic nitrogens is 4. The summed E-state index contributed by atoms with van der Waals surface area (Å²) in [6.07, 6.45) is -0.136. The van der Waals surface area contributed by atoms with Gasteiger partial charge in [-0.15, -0.1) is 11.8 Å². The van der Waals surface area contributed by atoms with Crippen molar-refractivity contribution in [2.24, 2.45) is 5.92 Å². The van der Waals surface area contributed by atoms with Gasteiger partial charge in [0, 0.05) is 5.92 Å². The number of aliphatic hydroxyl groups excluding tert-OH is 1. The van der Waals surface area contributed by atoms with Crippen molar-refractivity contribution in [3.63, 3.8) is 0 Å². The Hall–Kier alpha value is -4.47. The van der Waals surface area contributed by atoms with Crippen molar-refractivity contribution >= 4 is 43.1 Å². The molecule has 2 aromatic heterocycles. The van der Waals surface area contributed by atoms with E-state index in [0.717, 1.165) is 16.7 Å². The van der Waals surface area contributed by atoms with Gasteiger partial charge < -0.3 is 23.7 Å². The van der Waals surface area contributed by atoms with Gasteiger partial charge in [-0.25, -0.2) is 4.98 Å². The smallest absolute Gasteiger partial charge is 0.280 e. The highest BCUT2D eigenvalue weighted by molar-refractivity contribution is 8.00. The molecule has 292 valence electrons. The summed E-state index contributed by atoms with van der Waals surface area (Å²) in [6.45, 7) is 14.4. The van der Waals surface area contributed by atoms with Crippen LogP contribution in [0.3, 0.4) is 0 Å². The van der Waals surface area contributed by atoms with Gasteiger partial charge in [-0.05, 0) is 59.1 Å². The quantitative estimate of drug-likeness (QED) is 0.0833. The van der Waals surface area contributed by atoms with Crippen LogP contribution in [0.2, 0.25) is 18.1 Å². The standard InChI is InChI=1S/C41H51N5O7SSi/c1-25(2)36(48)44-39-43-35-32(37(49)45-39)42-24-46(35)38-34(53-55(8,9)40(3,4)5)33(47)31(54-38)23-52-41(26-13-11-10-12-14-26,27-15-19-29(50-6)20-16-27)28-17-21-30(51-7)22-18-28/h10-22,24-25,31,33-34,38,47H,23H2,1-9H3,(H2,43,44,45,48,49)/t31-,33-,34-,38-/m1/s1. The molecule has 3 heterocycles. The lowest BCUT2D eigenvalue weighted by Gasteiger charge is -2.40. The van der Waals surface area contributed by atoms with Crippen molar-refractivity contribution in [2.75, 3.05) is 26.1 Å². The van der Waals surface area contributed by atoms with Gasteiger partial charge in [0.15, 0.2) is 19.5 Å². The zero-order valence-corrected chi connectivity index (χ0v) is 34.6. The Morgan fingerprint density at radius 3 is 2.04 bits per heavy atom. The first-order valence-electron chi connectivity index (χ1n) is 18.4. The van der Waals surface area contributed by atoms with Gasteiger partial charge in [0.2, 0.25) is 11.9 Å². The minimum Gasteiger partial charge on any atom is -0.497 e. The highest BCUT2D eigenvalue weighted by Crippen LogP contribution is 2.50. The Kier molecular flexibility index (Phi) is 11.7. The third-order valence-electron chi connectivity index (χ3n) is 10.7. The molecule has 1 aliphatic heterocycles. The van der Waals surface area contributed by atoms with Crippen molar-refractivity contribution in [1.82, 2.24) is 19.5 Å².